The second-order valence-electron chi connectivity index (χ2n) is 8.47. The molecule has 0 saturated heterocycles. The Morgan fingerprint density at radius 2 is 2.14 bits per heavy atom. The topological polar surface area (TPSA) is 37.3 Å². The van der Waals surface area contributed by atoms with Gasteiger partial charge < -0.3 is 5.11 Å². The number of hydrogen-bond donors (Lipinski definition) is 1. The van der Waals surface area contributed by atoms with E-state index >= 15 is 0 Å². The fourth-order valence-corrected chi connectivity index (χ4v) is 4.73. The minimum atomic E-state index is -0.819. The van der Waals surface area contributed by atoms with Crippen LogP contribution in [0.15, 0.2) is 24.3 Å². The van der Waals surface area contributed by atoms with Crippen LogP contribution in [0.25, 0.3) is 0 Å². The molecule has 0 aromatic carbocycles. The van der Waals surface area contributed by atoms with Crippen molar-refractivity contribution in [1.29, 1.82) is 0 Å². The van der Waals surface area contributed by atoms with Gasteiger partial charge in [0.15, 0.2) is 5.78 Å². The Balaban J connectivity index is 2.34. The molecule has 22 heavy (non-hydrogen) atoms. The lowest BCUT2D eigenvalue weighted by atomic mass is 9.46. The molecule has 2 heteroatoms. The molecule has 2 aliphatic rings. The molecule has 5 atom stereocenters. The summed E-state index contributed by atoms with van der Waals surface area (Å²) in [5.74, 6) is 1.22. The molecule has 0 radical (unpaired) electrons. The molecule has 1 fully saturated rings. The van der Waals surface area contributed by atoms with Crippen molar-refractivity contribution >= 4 is 5.78 Å². The number of fused-ring (bicyclic) bond motifs is 1. The highest BCUT2D eigenvalue weighted by atomic mass is 16.3. The van der Waals surface area contributed by atoms with Gasteiger partial charge in [0.05, 0.1) is 5.60 Å². The SMILES string of the molecule is C=C[C@@](C)(O)CC[C@]1(C)[C@H](C)CC[C@@]2(C)C(C)=CC(=O)C[C@@H]12. The molecule has 0 bridgehead atoms. The van der Waals surface area contributed by atoms with Crippen LogP contribution in [0, 0.1) is 22.7 Å². The smallest absolute Gasteiger partial charge is 0.155 e. The van der Waals surface area contributed by atoms with E-state index in [1.54, 1.807) is 6.08 Å². The van der Waals surface area contributed by atoms with Crippen LogP contribution in [0.2, 0.25) is 0 Å². The fourth-order valence-electron chi connectivity index (χ4n) is 4.73. The first-order valence-electron chi connectivity index (χ1n) is 8.63. The summed E-state index contributed by atoms with van der Waals surface area (Å²) in [5.41, 5.74) is 0.655. The van der Waals surface area contributed by atoms with Gasteiger partial charge >= 0.3 is 0 Å². The monoisotopic (exact) mass is 304 g/mol. The third-order valence-electron chi connectivity index (χ3n) is 7.08. The molecule has 0 unspecified atom stereocenters. The average molecular weight is 304 g/mol. The molecule has 2 nitrogen and oxygen atoms in total. The normalized spacial score (nSPS) is 41.4. The number of carbonyl (C=O) groups excluding carboxylic acids is 1. The Morgan fingerprint density at radius 1 is 1.50 bits per heavy atom. The molecule has 0 heterocycles. The van der Waals surface area contributed by atoms with Crippen molar-refractivity contribution in [2.75, 3.05) is 0 Å². The quantitative estimate of drug-likeness (QED) is 0.766. The molecular weight excluding hydrogens is 272 g/mol. The van der Waals surface area contributed by atoms with Crippen LogP contribution >= 0.6 is 0 Å². The van der Waals surface area contributed by atoms with Crippen LogP contribution in [0.3, 0.4) is 0 Å². The van der Waals surface area contributed by atoms with E-state index in [0.29, 0.717) is 24.7 Å². The highest BCUT2D eigenvalue weighted by molar-refractivity contribution is 5.92. The molecule has 0 aromatic rings. The van der Waals surface area contributed by atoms with E-state index in [1.165, 1.54) is 18.4 Å². The Morgan fingerprint density at radius 3 is 2.73 bits per heavy atom. The summed E-state index contributed by atoms with van der Waals surface area (Å²) in [7, 11) is 0. The highest BCUT2D eigenvalue weighted by Crippen LogP contribution is 2.61. The van der Waals surface area contributed by atoms with Gasteiger partial charge in [-0.1, -0.05) is 32.4 Å². The first-order valence-corrected chi connectivity index (χ1v) is 8.63. The number of rotatable bonds is 4. The lowest BCUT2D eigenvalue weighted by Crippen LogP contribution is -2.51. The summed E-state index contributed by atoms with van der Waals surface area (Å²) in [6.07, 6.45) is 8.17. The summed E-state index contributed by atoms with van der Waals surface area (Å²) < 4.78 is 0. The van der Waals surface area contributed by atoms with E-state index in [4.69, 9.17) is 0 Å². The second kappa shape index (κ2) is 5.63. The molecule has 0 spiro atoms. The number of carbonyl (C=O) groups is 1. The van der Waals surface area contributed by atoms with Crippen molar-refractivity contribution in [3.05, 3.63) is 24.3 Å². The standard InChI is InChI=1S/C20H32O2/c1-7-18(4,22)10-11-20(6)14(2)8-9-19(5)15(3)12-16(21)13-17(19)20/h7,12,14,17,22H,1,8-11,13H2,2-6H3/t14-,17-,18-,19+,20-/m1/s1. The molecule has 1 saturated carbocycles. The van der Waals surface area contributed by atoms with Crippen LogP contribution in [0.1, 0.15) is 66.7 Å². The van der Waals surface area contributed by atoms with Crippen molar-refractivity contribution in [3.8, 4) is 0 Å². The van der Waals surface area contributed by atoms with Gasteiger partial charge in [0.2, 0.25) is 0 Å². The Kier molecular flexibility index (Phi) is 4.47. The zero-order chi connectivity index (χ0) is 16.8. The Hall–Kier alpha value is -0.890. The van der Waals surface area contributed by atoms with Crippen molar-refractivity contribution in [2.24, 2.45) is 22.7 Å². The lowest BCUT2D eigenvalue weighted by Gasteiger charge is -2.58. The highest BCUT2D eigenvalue weighted by Gasteiger charge is 2.54. The maximum atomic E-state index is 12.2. The van der Waals surface area contributed by atoms with Crippen LogP contribution in [0.4, 0.5) is 0 Å². The van der Waals surface area contributed by atoms with Crippen LogP contribution in [-0.4, -0.2) is 16.5 Å². The number of ketones is 1. The zero-order valence-electron chi connectivity index (χ0n) is 14.9. The Bertz CT molecular complexity index is 502. The minimum Gasteiger partial charge on any atom is -0.386 e. The predicted molar refractivity (Wildman–Crippen MR) is 91.5 cm³/mol. The average Bonchev–Trinajstić information content (AvgIpc) is 2.45. The molecule has 1 N–H and O–H groups in total. The molecule has 0 aliphatic heterocycles. The van der Waals surface area contributed by atoms with Crippen molar-refractivity contribution in [1.82, 2.24) is 0 Å². The van der Waals surface area contributed by atoms with Gasteiger partial charge in [-0.15, -0.1) is 6.58 Å². The fraction of sp³-hybridized carbons (Fsp3) is 0.750. The summed E-state index contributed by atoms with van der Waals surface area (Å²) in [5, 5.41) is 10.3. The predicted octanol–water partition coefficient (Wildman–Crippen LogP) is 4.68. The summed E-state index contributed by atoms with van der Waals surface area (Å²) in [6, 6.07) is 0. The molecule has 124 valence electrons. The maximum Gasteiger partial charge on any atom is 0.155 e. The number of allylic oxidation sites excluding steroid dienone is 2. The number of aliphatic hydroxyl groups is 1. The van der Waals surface area contributed by atoms with Gasteiger partial charge in [0, 0.05) is 6.42 Å². The van der Waals surface area contributed by atoms with Crippen molar-refractivity contribution in [3.63, 3.8) is 0 Å². The van der Waals surface area contributed by atoms with E-state index in [9.17, 15) is 9.90 Å². The van der Waals surface area contributed by atoms with Crippen LogP contribution in [0.5, 0.6) is 0 Å². The van der Waals surface area contributed by atoms with Gasteiger partial charge in [-0.2, -0.15) is 0 Å². The maximum absolute atomic E-state index is 12.2. The van der Waals surface area contributed by atoms with E-state index in [1.807, 2.05) is 13.0 Å². The summed E-state index contributed by atoms with van der Waals surface area (Å²) >= 11 is 0. The molecule has 0 amide bonds. The lowest BCUT2D eigenvalue weighted by molar-refractivity contribution is -0.124. The first kappa shape index (κ1) is 17.5. The second-order valence-corrected chi connectivity index (χ2v) is 8.47. The molecule has 2 rings (SSSR count). The third-order valence-corrected chi connectivity index (χ3v) is 7.08. The van der Waals surface area contributed by atoms with Gasteiger partial charge in [0.1, 0.15) is 0 Å². The minimum absolute atomic E-state index is 0.0885. The summed E-state index contributed by atoms with van der Waals surface area (Å²) in [6.45, 7) is 14.7. The van der Waals surface area contributed by atoms with Crippen molar-refractivity contribution < 1.29 is 9.90 Å². The zero-order valence-corrected chi connectivity index (χ0v) is 14.9. The third kappa shape index (κ3) is 2.82. The summed E-state index contributed by atoms with van der Waals surface area (Å²) in [4.78, 5) is 12.2. The Labute approximate surface area is 135 Å². The van der Waals surface area contributed by atoms with E-state index < -0.39 is 5.60 Å². The van der Waals surface area contributed by atoms with E-state index in [0.717, 1.165) is 6.42 Å². The molecule has 2 aliphatic carbocycles. The largest absolute Gasteiger partial charge is 0.386 e. The van der Waals surface area contributed by atoms with Gasteiger partial charge in [0.25, 0.3) is 0 Å². The van der Waals surface area contributed by atoms with Crippen molar-refractivity contribution in [2.45, 2.75) is 72.3 Å². The van der Waals surface area contributed by atoms with Gasteiger partial charge in [-0.05, 0) is 68.3 Å². The van der Waals surface area contributed by atoms with Gasteiger partial charge in [-0.3, -0.25) is 4.79 Å². The molecular formula is C20H32O2. The first-order chi connectivity index (χ1) is 10.0. The molecule has 0 aromatic heterocycles. The van der Waals surface area contributed by atoms with E-state index in [2.05, 4.69) is 34.3 Å². The van der Waals surface area contributed by atoms with Gasteiger partial charge in [-0.25, -0.2) is 0 Å². The van der Waals surface area contributed by atoms with Crippen LogP contribution in [-0.2, 0) is 4.79 Å². The number of hydrogen-bond acceptors (Lipinski definition) is 2. The van der Waals surface area contributed by atoms with E-state index in [-0.39, 0.29) is 16.6 Å². The van der Waals surface area contributed by atoms with Crippen LogP contribution < -0.4 is 0 Å².